The molecule has 0 amide bonds. The molecule has 0 radical (unpaired) electrons. The first-order valence-electron chi connectivity index (χ1n) is 21.1. The lowest BCUT2D eigenvalue weighted by Crippen LogP contribution is -2.28. The van der Waals surface area contributed by atoms with Crippen molar-refractivity contribution in [1.29, 1.82) is 0 Å². The molecule has 11 aromatic rings. The molecule has 0 unspecified atom stereocenters. The standard InChI is InChI=1S/C58H38N4.CH4/c1-5-18-39(19-6-1)42-24-17-25-44(36-42)56-59-55(41-22-9-3-10-23-41)60-57(61-56)62-53-37-43(40-20-7-2-8-21-40)32-34-49(53)50-35-33-46(38-54(50)62)58(45-26-11-4-12-27-45)51-30-15-13-28-47(51)48-29-14-16-31-52(48)58;/h1-38H;1H4. The van der Waals surface area contributed by atoms with E-state index >= 15 is 0 Å². The van der Waals surface area contributed by atoms with Gasteiger partial charge >= 0.3 is 0 Å². The first-order valence-corrected chi connectivity index (χ1v) is 21.1. The summed E-state index contributed by atoms with van der Waals surface area (Å²) < 4.78 is 2.27. The fourth-order valence-electron chi connectivity index (χ4n) is 9.77. The minimum Gasteiger partial charge on any atom is -0.278 e. The number of fused-ring (bicyclic) bond motifs is 6. The molecule has 1 aliphatic carbocycles. The van der Waals surface area contributed by atoms with Crippen LogP contribution >= 0.6 is 0 Å². The number of benzene rings is 9. The maximum Gasteiger partial charge on any atom is 0.238 e. The molecule has 2 heterocycles. The normalized spacial score (nSPS) is 12.4. The molecule has 4 heteroatoms. The van der Waals surface area contributed by atoms with E-state index in [0.29, 0.717) is 17.6 Å². The summed E-state index contributed by atoms with van der Waals surface area (Å²) in [5.74, 6) is 1.78. The Morgan fingerprint density at radius 2 is 0.778 bits per heavy atom. The number of hydrogen-bond acceptors (Lipinski definition) is 3. The van der Waals surface area contributed by atoms with Crippen LogP contribution in [-0.2, 0) is 5.41 Å². The Kier molecular flexibility index (Phi) is 9.21. The van der Waals surface area contributed by atoms with Crippen molar-refractivity contribution in [3.8, 4) is 62.1 Å². The second-order valence-electron chi connectivity index (χ2n) is 16.0. The van der Waals surface area contributed by atoms with Crippen molar-refractivity contribution >= 4 is 21.8 Å². The second kappa shape index (κ2) is 15.4. The summed E-state index contributed by atoms with van der Waals surface area (Å²) in [6.07, 6.45) is 0. The van der Waals surface area contributed by atoms with Crippen LogP contribution in [0.4, 0.5) is 0 Å². The van der Waals surface area contributed by atoms with Gasteiger partial charge in [-0.05, 0) is 73.8 Å². The Hall–Kier alpha value is -8.21. The van der Waals surface area contributed by atoms with Gasteiger partial charge in [0.15, 0.2) is 11.6 Å². The molecular formula is C59H42N4. The van der Waals surface area contributed by atoms with E-state index in [4.69, 9.17) is 15.0 Å². The molecule has 0 aliphatic heterocycles. The summed E-state index contributed by atoms with van der Waals surface area (Å²) in [5, 5.41) is 2.25. The topological polar surface area (TPSA) is 43.6 Å². The summed E-state index contributed by atoms with van der Waals surface area (Å²) in [5.41, 5.74) is 15.3. The van der Waals surface area contributed by atoms with Gasteiger partial charge in [0, 0.05) is 21.9 Å². The van der Waals surface area contributed by atoms with E-state index < -0.39 is 5.41 Å². The van der Waals surface area contributed by atoms with E-state index in [-0.39, 0.29) is 7.43 Å². The molecule has 0 fully saturated rings. The summed E-state index contributed by atoms with van der Waals surface area (Å²) in [6, 6.07) is 82.4. The van der Waals surface area contributed by atoms with Gasteiger partial charge in [-0.1, -0.05) is 220 Å². The van der Waals surface area contributed by atoms with Gasteiger partial charge in [0.1, 0.15) is 0 Å². The minimum absolute atomic E-state index is 0. The van der Waals surface area contributed by atoms with Gasteiger partial charge in [0.2, 0.25) is 5.95 Å². The number of nitrogens with zero attached hydrogens (tertiary/aromatic N) is 4. The zero-order valence-corrected chi connectivity index (χ0v) is 33.7. The van der Waals surface area contributed by atoms with Gasteiger partial charge in [-0.2, -0.15) is 9.97 Å². The molecule has 12 rings (SSSR count). The molecule has 298 valence electrons. The third kappa shape index (κ3) is 6.10. The van der Waals surface area contributed by atoms with E-state index in [1.54, 1.807) is 0 Å². The molecule has 0 saturated heterocycles. The summed E-state index contributed by atoms with van der Waals surface area (Å²) >= 11 is 0. The Morgan fingerprint density at radius 1 is 0.317 bits per heavy atom. The van der Waals surface area contributed by atoms with Crippen LogP contribution in [0.25, 0.3) is 83.9 Å². The molecule has 0 N–H and O–H groups in total. The molecule has 0 atom stereocenters. The van der Waals surface area contributed by atoms with Gasteiger partial charge in [0.25, 0.3) is 0 Å². The summed E-state index contributed by atoms with van der Waals surface area (Å²) in [7, 11) is 0. The van der Waals surface area contributed by atoms with E-state index in [0.717, 1.165) is 55.2 Å². The molecule has 0 saturated carbocycles. The van der Waals surface area contributed by atoms with Gasteiger partial charge in [-0.25, -0.2) is 4.98 Å². The molecule has 1 aliphatic rings. The number of aromatic nitrogens is 4. The van der Waals surface area contributed by atoms with Gasteiger partial charge in [-0.3, -0.25) is 4.57 Å². The maximum absolute atomic E-state index is 5.42. The van der Waals surface area contributed by atoms with Crippen LogP contribution in [0.15, 0.2) is 231 Å². The Morgan fingerprint density at radius 3 is 1.40 bits per heavy atom. The molecule has 2 aromatic heterocycles. The lowest BCUT2D eigenvalue weighted by molar-refractivity contribution is 0.769. The highest BCUT2D eigenvalue weighted by Gasteiger charge is 2.46. The fourth-order valence-corrected chi connectivity index (χ4v) is 9.77. The largest absolute Gasteiger partial charge is 0.278 e. The fraction of sp³-hybridized carbons (Fsp3) is 0.0339. The van der Waals surface area contributed by atoms with Crippen molar-refractivity contribution in [2.45, 2.75) is 12.8 Å². The smallest absolute Gasteiger partial charge is 0.238 e. The van der Waals surface area contributed by atoms with Crippen LogP contribution in [0, 0.1) is 0 Å². The van der Waals surface area contributed by atoms with Crippen molar-refractivity contribution in [3.63, 3.8) is 0 Å². The minimum atomic E-state index is -0.573. The van der Waals surface area contributed by atoms with Crippen LogP contribution in [0.3, 0.4) is 0 Å². The summed E-state index contributed by atoms with van der Waals surface area (Å²) in [6.45, 7) is 0. The van der Waals surface area contributed by atoms with Crippen molar-refractivity contribution < 1.29 is 0 Å². The average molecular weight is 807 g/mol. The lowest BCUT2D eigenvalue weighted by atomic mass is 9.67. The SMILES string of the molecule is C.c1ccc(-c2cccc(-c3nc(-c4ccccc4)nc(-n4c5cc(-c6ccccc6)ccc5c5ccc(C6(c7ccccc7)c7ccccc7-c7ccccc76)cc54)n3)c2)cc1. The molecule has 9 aromatic carbocycles. The molecule has 0 bridgehead atoms. The quantitative estimate of drug-likeness (QED) is 0.161. The summed E-state index contributed by atoms with van der Waals surface area (Å²) in [4.78, 5) is 16.0. The third-order valence-electron chi connectivity index (χ3n) is 12.6. The maximum atomic E-state index is 5.42. The van der Waals surface area contributed by atoms with E-state index in [9.17, 15) is 0 Å². The predicted molar refractivity (Wildman–Crippen MR) is 260 cm³/mol. The zero-order chi connectivity index (χ0) is 41.0. The van der Waals surface area contributed by atoms with Crippen LogP contribution in [0.1, 0.15) is 29.7 Å². The highest BCUT2D eigenvalue weighted by molar-refractivity contribution is 6.10. The van der Waals surface area contributed by atoms with Crippen molar-refractivity contribution in [2.24, 2.45) is 0 Å². The highest BCUT2D eigenvalue weighted by atomic mass is 15.2. The van der Waals surface area contributed by atoms with Crippen LogP contribution < -0.4 is 0 Å². The Labute approximate surface area is 367 Å². The number of hydrogen-bond donors (Lipinski definition) is 0. The number of rotatable bonds is 7. The lowest BCUT2D eigenvalue weighted by Gasteiger charge is -2.34. The Bertz CT molecular complexity index is 3400. The second-order valence-corrected chi connectivity index (χ2v) is 16.0. The van der Waals surface area contributed by atoms with Gasteiger partial charge < -0.3 is 0 Å². The van der Waals surface area contributed by atoms with Crippen molar-refractivity contribution in [2.75, 3.05) is 0 Å². The molecule has 4 nitrogen and oxygen atoms in total. The van der Waals surface area contributed by atoms with Gasteiger partial charge in [-0.15, -0.1) is 0 Å². The molecule has 63 heavy (non-hydrogen) atoms. The van der Waals surface area contributed by atoms with E-state index in [1.807, 2.05) is 24.3 Å². The predicted octanol–water partition coefficient (Wildman–Crippen LogP) is 14.6. The highest BCUT2D eigenvalue weighted by Crippen LogP contribution is 2.56. The van der Waals surface area contributed by atoms with Crippen LogP contribution in [0.5, 0.6) is 0 Å². The van der Waals surface area contributed by atoms with Crippen LogP contribution in [-0.4, -0.2) is 19.5 Å². The van der Waals surface area contributed by atoms with Crippen LogP contribution in [0.2, 0.25) is 0 Å². The van der Waals surface area contributed by atoms with Gasteiger partial charge in [0.05, 0.1) is 16.4 Å². The third-order valence-corrected chi connectivity index (χ3v) is 12.6. The molecular weight excluding hydrogens is 765 g/mol. The average Bonchev–Trinajstić information content (AvgIpc) is 3.85. The first-order chi connectivity index (χ1) is 30.7. The monoisotopic (exact) mass is 806 g/mol. The van der Waals surface area contributed by atoms with Crippen molar-refractivity contribution in [3.05, 3.63) is 253 Å². The first kappa shape index (κ1) is 37.8. The Balaban J connectivity index is 0.00000444. The van der Waals surface area contributed by atoms with E-state index in [1.165, 1.54) is 33.4 Å². The molecule has 0 spiro atoms. The van der Waals surface area contributed by atoms with Crippen molar-refractivity contribution in [1.82, 2.24) is 19.5 Å². The zero-order valence-electron chi connectivity index (χ0n) is 33.7. The van der Waals surface area contributed by atoms with E-state index in [2.05, 4.69) is 211 Å².